The van der Waals surface area contributed by atoms with Crippen molar-refractivity contribution in [2.45, 2.75) is 12.5 Å². The summed E-state index contributed by atoms with van der Waals surface area (Å²) in [6.45, 7) is 0. The Labute approximate surface area is 166 Å². The monoisotopic (exact) mass is 422 g/mol. The minimum atomic E-state index is -0.787. The van der Waals surface area contributed by atoms with Gasteiger partial charge in [-0.25, -0.2) is 0 Å². The standard InChI is InChI=1S/C22H19BrN2O2/c23-19-9-5-4-8-18(19)14-20(21(24)26)25-22(27)17-12-10-16(11-13-17)15-6-2-1-3-7-15/h1-13,20H,14H2,(H2,24,26)(H,25,27)/t20-/m1/s1. The number of rotatable bonds is 6. The van der Waals surface area contributed by atoms with Crippen LogP contribution in [0.3, 0.4) is 0 Å². The van der Waals surface area contributed by atoms with E-state index in [1.54, 1.807) is 12.1 Å². The van der Waals surface area contributed by atoms with Gasteiger partial charge >= 0.3 is 0 Å². The molecule has 0 saturated heterocycles. The van der Waals surface area contributed by atoms with E-state index in [-0.39, 0.29) is 5.91 Å². The van der Waals surface area contributed by atoms with Gasteiger partial charge < -0.3 is 11.1 Å². The van der Waals surface area contributed by atoms with Crippen molar-refractivity contribution in [3.05, 3.63) is 94.5 Å². The first-order chi connectivity index (χ1) is 13.0. The fourth-order valence-corrected chi connectivity index (χ4v) is 3.24. The predicted molar refractivity (Wildman–Crippen MR) is 110 cm³/mol. The average molecular weight is 423 g/mol. The van der Waals surface area contributed by atoms with E-state index in [1.807, 2.05) is 66.7 Å². The fraction of sp³-hybridized carbons (Fsp3) is 0.0909. The van der Waals surface area contributed by atoms with Crippen molar-refractivity contribution in [3.63, 3.8) is 0 Å². The molecule has 5 heteroatoms. The van der Waals surface area contributed by atoms with Crippen LogP contribution in [0.5, 0.6) is 0 Å². The Morgan fingerprint density at radius 3 is 2.07 bits per heavy atom. The van der Waals surface area contributed by atoms with Crippen molar-refractivity contribution in [1.29, 1.82) is 0 Å². The zero-order chi connectivity index (χ0) is 19.2. The van der Waals surface area contributed by atoms with Crippen LogP contribution in [0.4, 0.5) is 0 Å². The number of hydrogen-bond donors (Lipinski definition) is 2. The number of benzene rings is 3. The third-order valence-corrected chi connectivity index (χ3v) is 5.06. The molecule has 0 aliphatic heterocycles. The maximum Gasteiger partial charge on any atom is 0.251 e. The van der Waals surface area contributed by atoms with E-state index >= 15 is 0 Å². The summed E-state index contributed by atoms with van der Waals surface area (Å²) < 4.78 is 0.873. The van der Waals surface area contributed by atoms with Crippen LogP contribution in [0.25, 0.3) is 11.1 Å². The highest BCUT2D eigenvalue weighted by Gasteiger charge is 2.20. The Morgan fingerprint density at radius 2 is 1.44 bits per heavy atom. The lowest BCUT2D eigenvalue weighted by atomic mass is 10.0. The molecule has 2 amide bonds. The van der Waals surface area contributed by atoms with Gasteiger partial charge in [0.2, 0.25) is 5.91 Å². The summed E-state index contributed by atoms with van der Waals surface area (Å²) in [6, 6.07) is 23.9. The SMILES string of the molecule is NC(=O)[C@@H](Cc1ccccc1Br)NC(=O)c1ccc(-c2ccccc2)cc1. The molecule has 0 spiro atoms. The number of nitrogens with two attached hydrogens (primary N) is 1. The molecular formula is C22H19BrN2O2. The van der Waals surface area contributed by atoms with Gasteiger partial charge in [-0.1, -0.05) is 76.6 Å². The zero-order valence-corrected chi connectivity index (χ0v) is 16.1. The number of carbonyl (C=O) groups excluding carboxylic acids is 2. The minimum Gasteiger partial charge on any atom is -0.368 e. The lowest BCUT2D eigenvalue weighted by molar-refractivity contribution is -0.119. The second kappa shape index (κ2) is 8.64. The maximum absolute atomic E-state index is 12.6. The van der Waals surface area contributed by atoms with Crippen LogP contribution >= 0.6 is 15.9 Å². The Hall–Kier alpha value is -2.92. The average Bonchev–Trinajstić information content (AvgIpc) is 2.69. The van der Waals surface area contributed by atoms with E-state index in [9.17, 15) is 9.59 Å². The topological polar surface area (TPSA) is 72.2 Å². The van der Waals surface area contributed by atoms with Gasteiger partial charge in [0.25, 0.3) is 5.91 Å². The summed E-state index contributed by atoms with van der Waals surface area (Å²) in [4.78, 5) is 24.4. The lowest BCUT2D eigenvalue weighted by Crippen LogP contribution is -2.45. The highest BCUT2D eigenvalue weighted by Crippen LogP contribution is 2.20. The third-order valence-electron chi connectivity index (χ3n) is 4.28. The van der Waals surface area contributed by atoms with Gasteiger partial charge in [0.05, 0.1) is 0 Å². The summed E-state index contributed by atoms with van der Waals surface area (Å²) in [5.74, 6) is -0.898. The molecule has 0 saturated carbocycles. The molecule has 0 aromatic heterocycles. The fourth-order valence-electron chi connectivity index (χ4n) is 2.79. The van der Waals surface area contributed by atoms with Gasteiger partial charge in [-0.05, 0) is 34.9 Å². The first-order valence-corrected chi connectivity index (χ1v) is 9.33. The Kier molecular flexibility index (Phi) is 6.04. The predicted octanol–water partition coefficient (Wildman–Crippen LogP) is 3.94. The Bertz CT molecular complexity index is 940. The molecule has 136 valence electrons. The molecule has 0 bridgehead atoms. The molecular weight excluding hydrogens is 404 g/mol. The van der Waals surface area contributed by atoms with Gasteiger partial charge in [0.1, 0.15) is 6.04 Å². The highest BCUT2D eigenvalue weighted by atomic mass is 79.9. The second-order valence-corrected chi connectivity index (χ2v) is 7.02. The molecule has 3 aromatic carbocycles. The number of amides is 2. The van der Waals surface area contributed by atoms with Crippen LogP contribution in [0.15, 0.2) is 83.3 Å². The molecule has 0 fully saturated rings. The van der Waals surface area contributed by atoms with Crippen LogP contribution in [0, 0.1) is 0 Å². The molecule has 4 nitrogen and oxygen atoms in total. The van der Waals surface area contributed by atoms with Crippen molar-refractivity contribution in [3.8, 4) is 11.1 Å². The number of halogens is 1. The van der Waals surface area contributed by atoms with Crippen molar-refractivity contribution in [2.75, 3.05) is 0 Å². The molecule has 3 rings (SSSR count). The van der Waals surface area contributed by atoms with Gasteiger partial charge in [0.15, 0.2) is 0 Å². The van der Waals surface area contributed by atoms with Crippen LogP contribution in [-0.4, -0.2) is 17.9 Å². The first-order valence-electron chi connectivity index (χ1n) is 8.53. The molecule has 3 N–H and O–H groups in total. The molecule has 0 radical (unpaired) electrons. The molecule has 0 aliphatic rings. The van der Waals surface area contributed by atoms with E-state index in [2.05, 4.69) is 21.2 Å². The second-order valence-electron chi connectivity index (χ2n) is 6.17. The van der Waals surface area contributed by atoms with E-state index in [0.29, 0.717) is 12.0 Å². The van der Waals surface area contributed by atoms with E-state index in [4.69, 9.17) is 5.73 Å². The van der Waals surface area contributed by atoms with Crippen LogP contribution < -0.4 is 11.1 Å². The lowest BCUT2D eigenvalue weighted by Gasteiger charge is -2.16. The first kappa shape index (κ1) is 18.9. The number of nitrogens with one attached hydrogen (secondary N) is 1. The zero-order valence-electron chi connectivity index (χ0n) is 14.6. The number of hydrogen-bond acceptors (Lipinski definition) is 2. The van der Waals surface area contributed by atoms with Crippen LogP contribution in [-0.2, 0) is 11.2 Å². The molecule has 0 heterocycles. The molecule has 1 atom stereocenters. The third kappa shape index (κ3) is 4.83. The quantitative estimate of drug-likeness (QED) is 0.631. The summed E-state index contributed by atoms with van der Waals surface area (Å²) in [6.07, 6.45) is 0.324. The van der Waals surface area contributed by atoms with E-state index in [0.717, 1.165) is 21.2 Å². The van der Waals surface area contributed by atoms with Crippen molar-refractivity contribution in [1.82, 2.24) is 5.32 Å². The molecule has 27 heavy (non-hydrogen) atoms. The summed E-state index contributed by atoms with van der Waals surface area (Å²) >= 11 is 3.45. The van der Waals surface area contributed by atoms with Crippen LogP contribution in [0.1, 0.15) is 15.9 Å². The van der Waals surface area contributed by atoms with Crippen molar-refractivity contribution in [2.24, 2.45) is 5.73 Å². The highest BCUT2D eigenvalue weighted by molar-refractivity contribution is 9.10. The minimum absolute atomic E-state index is 0.324. The molecule has 0 unspecified atom stereocenters. The van der Waals surface area contributed by atoms with Gasteiger partial charge in [0, 0.05) is 16.5 Å². The van der Waals surface area contributed by atoms with Gasteiger partial charge in [-0.15, -0.1) is 0 Å². The smallest absolute Gasteiger partial charge is 0.251 e. The van der Waals surface area contributed by atoms with Crippen molar-refractivity contribution < 1.29 is 9.59 Å². The van der Waals surface area contributed by atoms with Gasteiger partial charge in [-0.2, -0.15) is 0 Å². The number of carbonyl (C=O) groups is 2. The summed E-state index contributed by atoms with van der Waals surface area (Å²) in [7, 11) is 0. The van der Waals surface area contributed by atoms with E-state index in [1.165, 1.54) is 0 Å². The normalized spacial score (nSPS) is 11.6. The van der Waals surface area contributed by atoms with Crippen molar-refractivity contribution >= 4 is 27.7 Å². The number of primary amides is 1. The van der Waals surface area contributed by atoms with Gasteiger partial charge in [-0.3, -0.25) is 9.59 Å². The van der Waals surface area contributed by atoms with Crippen LogP contribution in [0.2, 0.25) is 0 Å². The molecule has 3 aromatic rings. The Morgan fingerprint density at radius 1 is 0.852 bits per heavy atom. The summed E-state index contributed by atoms with van der Waals surface area (Å²) in [5.41, 5.74) is 8.97. The maximum atomic E-state index is 12.6. The summed E-state index contributed by atoms with van der Waals surface area (Å²) in [5, 5.41) is 2.73. The largest absolute Gasteiger partial charge is 0.368 e. The molecule has 0 aliphatic carbocycles. The Balaban J connectivity index is 1.72. The van der Waals surface area contributed by atoms with E-state index < -0.39 is 11.9 Å².